The number of nitrogens with zero attached hydrogens (tertiary/aromatic N) is 1. The number of hydrogen-bond acceptors (Lipinski definition) is 2. The van der Waals surface area contributed by atoms with Crippen molar-refractivity contribution in [1.82, 2.24) is 5.32 Å². The van der Waals surface area contributed by atoms with Crippen molar-refractivity contribution >= 4 is 0 Å². The lowest BCUT2D eigenvalue weighted by Crippen LogP contribution is -2.45. The predicted molar refractivity (Wildman–Crippen MR) is 54.3 cm³/mol. The second kappa shape index (κ2) is 4.62. The Bertz CT molecular complexity index is 187. The molecule has 2 heteroatoms. The minimum atomic E-state index is 0.138. The van der Waals surface area contributed by atoms with Gasteiger partial charge in [-0.05, 0) is 26.7 Å². The smallest absolute Gasteiger partial charge is 0.0666 e. The maximum absolute atomic E-state index is 8.66. The molecule has 1 saturated carbocycles. The summed E-state index contributed by atoms with van der Waals surface area (Å²) < 4.78 is 0. The third kappa shape index (κ3) is 3.36. The summed E-state index contributed by atoms with van der Waals surface area (Å²) in [5.74, 6) is 0.138. The van der Waals surface area contributed by atoms with E-state index in [0.717, 1.165) is 6.54 Å². The first kappa shape index (κ1) is 10.5. The van der Waals surface area contributed by atoms with E-state index in [-0.39, 0.29) is 5.92 Å². The van der Waals surface area contributed by atoms with Crippen LogP contribution in [0.3, 0.4) is 0 Å². The van der Waals surface area contributed by atoms with E-state index < -0.39 is 0 Å². The van der Waals surface area contributed by atoms with Gasteiger partial charge in [0.05, 0.1) is 12.0 Å². The largest absolute Gasteiger partial charge is 0.310 e. The lowest BCUT2D eigenvalue weighted by atomic mass is 9.83. The lowest BCUT2D eigenvalue weighted by molar-refractivity contribution is 0.249. The van der Waals surface area contributed by atoms with Crippen LogP contribution in [0.25, 0.3) is 0 Å². The summed E-state index contributed by atoms with van der Waals surface area (Å²) in [6.07, 6.45) is 6.59. The number of nitriles is 1. The van der Waals surface area contributed by atoms with Crippen LogP contribution in [-0.4, -0.2) is 12.1 Å². The molecule has 0 aromatic rings. The number of nitrogens with one attached hydrogen (secondary N) is 1. The molecule has 0 amide bonds. The maximum atomic E-state index is 8.66. The van der Waals surface area contributed by atoms with Gasteiger partial charge in [-0.25, -0.2) is 0 Å². The van der Waals surface area contributed by atoms with Crippen molar-refractivity contribution in [1.29, 1.82) is 5.26 Å². The molecule has 0 aromatic carbocycles. The normalized spacial score (nSPS) is 23.5. The average Bonchev–Trinajstić information content (AvgIpc) is 2.15. The van der Waals surface area contributed by atoms with Crippen LogP contribution in [0, 0.1) is 17.2 Å². The molecule has 0 saturated heterocycles. The first-order valence-electron chi connectivity index (χ1n) is 5.31. The van der Waals surface area contributed by atoms with Crippen molar-refractivity contribution < 1.29 is 0 Å². The minimum absolute atomic E-state index is 0.138. The molecule has 13 heavy (non-hydrogen) atoms. The van der Waals surface area contributed by atoms with E-state index in [1.54, 1.807) is 0 Å². The van der Waals surface area contributed by atoms with Crippen molar-refractivity contribution in [2.24, 2.45) is 5.92 Å². The van der Waals surface area contributed by atoms with E-state index in [9.17, 15) is 0 Å². The Morgan fingerprint density at radius 2 is 2.00 bits per heavy atom. The second-order valence-electron chi connectivity index (χ2n) is 4.53. The zero-order valence-electron chi connectivity index (χ0n) is 8.77. The molecule has 2 nitrogen and oxygen atoms in total. The summed E-state index contributed by atoms with van der Waals surface area (Å²) in [6, 6.07) is 2.26. The first-order chi connectivity index (χ1) is 6.16. The van der Waals surface area contributed by atoms with E-state index in [4.69, 9.17) is 5.26 Å². The van der Waals surface area contributed by atoms with E-state index in [0.29, 0.717) is 5.54 Å². The number of rotatable bonds is 3. The quantitative estimate of drug-likeness (QED) is 0.724. The maximum Gasteiger partial charge on any atom is 0.0666 e. The van der Waals surface area contributed by atoms with Crippen LogP contribution >= 0.6 is 0 Å². The third-order valence-corrected chi connectivity index (χ3v) is 3.01. The predicted octanol–water partition coefficient (Wildman–Crippen LogP) is 2.46. The molecule has 0 bridgehead atoms. The highest BCUT2D eigenvalue weighted by Gasteiger charge is 2.25. The fourth-order valence-corrected chi connectivity index (χ4v) is 1.95. The van der Waals surface area contributed by atoms with E-state index in [1.165, 1.54) is 32.1 Å². The van der Waals surface area contributed by atoms with E-state index in [1.807, 2.05) is 6.92 Å². The molecule has 1 aliphatic carbocycles. The van der Waals surface area contributed by atoms with E-state index >= 15 is 0 Å². The SMILES string of the molecule is CC(C#N)CNC1(C)CCCCC1. The van der Waals surface area contributed by atoms with Crippen molar-refractivity contribution in [3.63, 3.8) is 0 Å². The van der Waals surface area contributed by atoms with Gasteiger partial charge in [-0.3, -0.25) is 0 Å². The highest BCUT2D eigenvalue weighted by molar-refractivity contribution is 4.89. The van der Waals surface area contributed by atoms with Gasteiger partial charge in [-0.1, -0.05) is 19.3 Å². The fraction of sp³-hybridized carbons (Fsp3) is 0.909. The molecule has 1 fully saturated rings. The van der Waals surface area contributed by atoms with Crippen molar-refractivity contribution in [2.45, 2.75) is 51.5 Å². The van der Waals surface area contributed by atoms with Gasteiger partial charge in [0, 0.05) is 12.1 Å². The minimum Gasteiger partial charge on any atom is -0.310 e. The first-order valence-corrected chi connectivity index (χ1v) is 5.31. The standard InChI is InChI=1S/C11H20N2/c1-10(8-12)9-13-11(2)6-4-3-5-7-11/h10,13H,3-7,9H2,1-2H3. The summed E-state index contributed by atoms with van der Waals surface area (Å²) >= 11 is 0. The van der Waals surface area contributed by atoms with Crippen LogP contribution in [0.1, 0.15) is 46.0 Å². The molecular weight excluding hydrogens is 160 g/mol. The monoisotopic (exact) mass is 180 g/mol. The Hall–Kier alpha value is -0.550. The van der Waals surface area contributed by atoms with Crippen LogP contribution in [0.2, 0.25) is 0 Å². The zero-order valence-corrected chi connectivity index (χ0v) is 8.77. The molecule has 1 aliphatic rings. The van der Waals surface area contributed by atoms with Gasteiger partial charge in [0.1, 0.15) is 0 Å². The Morgan fingerprint density at radius 3 is 2.54 bits per heavy atom. The molecule has 0 aromatic heterocycles. The highest BCUT2D eigenvalue weighted by atomic mass is 15.0. The fourth-order valence-electron chi connectivity index (χ4n) is 1.95. The van der Waals surface area contributed by atoms with Gasteiger partial charge < -0.3 is 5.32 Å². The zero-order chi connectivity index (χ0) is 9.73. The molecular formula is C11H20N2. The van der Waals surface area contributed by atoms with Gasteiger partial charge in [0.2, 0.25) is 0 Å². The lowest BCUT2D eigenvalue weighted by Gasteiger charge is -2.35. The van der Waals surface area contributed by atoms with Gasteiger partial charge in [0.15, 0.2) is 0 Å². The van der Waals surface area contributed by atoms with Crippen LogP contribution in [0.4, 0.5) is 0 Å². The van der Waals surface area contributed by atoms with Crippen LogP contribution < -0.4 is 5.32 Å². The molecule has 1 rings (SSSR count). The molecule has 74 valence electrons. The molecule has 0 heterocycles. The van der Waals surface area contributed by atoms with Crippen LogP contribution in [0.5, 0.6) is 0 Å². The van der Waals surface area contributed by atoms with Gasteiger partial charge in [-0.15, -0.1) is 0 Å². The van der Waals surface area contributed by atoms with E-state index in [2.05, 4.69) is 18.3 Å². The van der Waals surface area contributed by atoms with Gasteiger partial charge >= 0.3 is 0 Å². The Labute approximate surface area is 81.3 Å². The summed E-state index contributed by atoms with van der Waals surface area (Å²) in [4.78, 5) is 0. The molecule has 1 atom stereocenters. The summed E-state index contributed by atoms with van der Waals surface area (Å²) in [5.41, 5.74) is 0.309. The highest BCUT2D eigenvalue weighted by Crippen LogP contribution is 2.27. The second-order valence-corrected chi connectivity index (χ2v) is 4.53. The Morgan fingerprint density at radius 1 is 1.38 bits per heavy atom. The summed E-state index contributed by atoms with van der Waals surface area (Å²) in [7, 11) is 0. The molecule has 0 aliphatic heterocycles. The van der Waals surface area contributed by atoms with Gasteiger partial charge in [0.25, 0.3) is 0 Å². The Balaban J connectivity index is 2.29. The molecule has 0 radical (unpaired) electrons. The topological polar surface area (TPSA) is 35.8 Å². The summed E-state index contributed by atoms with van der Waals surface area (Å²) in [5, 5.41) is 12.2. The average molecular weight is 180 g/mol. The van der Waals surface area contributed by atoms with Crippen LogP contribution in [-0.2, 0) is 0 Å². The van der Waals surface area contributed by atoms with Gasteiger partial charge in [-0.2, -0.15) is 5.26 Å². The molecule has 0 spiro atoms. The van der Waals surface area contributed by atoms with Crippen molar-refractivity contribution in [2.75, 3.05) is 6.54 Å². The number of hydrogen-bond donors (Lipinski definition) is 1. The van der Waals surface area contributed by atoms with Crippen molar-refractivity contribution in [3.8, 4) is 6.07 Å². The summed E-state index contributed by atoms with van der Waals surface area (Å²) in [6.45, 7) is 5.10. The van der Waals surface area contributed by atoms with Crippen molar-refractivity contribution in [3.05, 3.63) is 0 Å². The Kier molecular flexibility index (Phi) is 3.74. The molecule has 1 unspecified atom stereocenters. The third-order valence-electron chi connectivity index (χ3n) is 3.01. The molecule has 1 N–H and O–H groups in total. The van der Waals surface area contributed by atoms with Crippen LogP contribution in [0.15, 0.2) is 0 Å².